The molecule has 3 N–H and O–H groups in total. The number of rotatable bonds is 5. The maximum atomic E-state index is 11.7. The van der Waals surface area contributed by atoms with E-state index in [1.54, 1.807) is 13.8 Å². The van der Waals surface area contributed by atoms with Crippen molar-refractivity contribution < 1.29 is 24.9 Å². The largest absolute Gasteiger partial charge is 0.393 e. The normalized spacial score (nSPS) is 38.4. The number of ketones is 1. The van der Waals surface area contributed by atoms with E-state index in [9.17, 15) is 15.0 Å². The Morgan fingerprint density at radius 3 is 2.44 bits per heavy atom. The minimum absolute atomic E-state index is 0.0727. The van der Waals surface area contributed by atoms with Crippen molar-refractivity contribution in [2.75, 3.05) is 0 Å². The molecule has 6 atom stereocenters. The van der Waals surface area contributed by atoms with E-state index in [0.717, 1.165) is 0 Å². The Hall–Kier alpha value is -0.490. The van der Waals surface area contributed by atoms with E-state index in [2.05, 4.69) is 0 Å². The van der Waals surface area contributed by atoms with Gasteiger partial charge in [0, 0.05) is 18.8 Å². The van der Waals surface area contributed by atoms with Gasteiger partial charge in [-0.25, -0.2) is 0 Å². The van der Waals surface area contributed by atoms with Crippen LogP contribution in [0, 0.1) is 5.92 Å². The zero-order chi connectivity index (χ0) is 13.9. The van der Waals surface area contributed by atoms with E-state index in [0.29, 0.717) is 6.42 Å². The lowest BCUT2D eigenvalue weighted by atomic mass is 9.82. The molecular formula is C13H24O5. The molecule has 1 saturated heterocycles. The van der Waals surface area contributed by atoms with Crippen molar-refractivity contribution in [3.63, 3.8) is 0 Å². The number of Topliss-reactive ketones (excluding diaryl/α,β-unsaturated/α-hetero) is 1. The first kappa shape index (κ1) is 15.6. The van der Waals surface area contributed by atoms with Gasteiger partial charge < -0.3 is 20.1 Å². The van der Waals surface area contributed by atoms with Crippen LogP contribution in [0.4, 0.5) is 0 Å². The van der Waals surface area contributed by atoms with Gasteiger partial charge in [0.1, 0.15) is 11.9 Å². The molecule has 0 saturated carbocycles. The van der Waals surface area contributed by atoms with Crippen LogP contribution in [0.15, 0.2) is 0 Å². The predicted molar refractivity (Wildman–Crippen MR) is 66.1 cm³/mol. The fourth-order valence-corrected chi connectivity index (χ4v) is 2.51. The molecular weight excluding hydrogens is 236 g/mol. The van der Waals surface area contributed by atoms with Crippen LogP contribution in [-0.4, -0.2) is 51.6 Å². The number of carbonyl (C=O) groups is 1. The molecule has 0 bridgehead atoms. The molecule has 1 fully saturated rings. The van der Waals surface area contributed by atoms with Crippen LogP contribution in [0.2, 0.25) is 0 Å². The van der Waals surface area contributed by atoms with Crippen LogP contribution in [0.25, 0.3) is 0 Å². The topological polar surface area (TPSA) is 87.0 Å². The summed E-state index contributed by atoms with van der Waals surface area (Å²) < 4.78 is 5.61. The van der Waals surface area contributed by atoms with Crippen molar-refractivity contribution in [2.45, 2.75) is 70.6 Å². The molecule has 5 nitrogen and oxygen atoms in total. The third-order valence-electron chi connectivity index (χ3n) is 3.55. The predicted octanol–water partition coefficient (Wildman–Crippen LogP) is 0.252. The SMILES string of the molecule is CCC1OC(C)C(CC(=O)C[C@@H](C)O)C(O)C1O. The molecule has 0 aromatic rings. The van der Waals surface area contributed by atoms with Gasteiger partial charge in [-0.3, -0.25) is 4.79 Å². The summed E-state index contributed by atoms with van der Waals surface area (Å²) in [6.45, 7) is 5.24. The van der Waals surface area contributed by atoms with Crippen molar-refractivity contribution in [2.24, 2.45) is 5.92 Å². The highest BCUT2D eigenvalue weighted by Gasteiger charge is 2.42. The Morgan fingerprint density at radius 1 is 1.33 bits per heavy atom. The molecule has 0 aromatic heterocycles. The molecule has 1 aliphatic heterocycles. The van der Waals surface area contributed by atoms with Crippen LogP contribution in [0.1, 0.15) is 40.0 Å². The van der Waals surface area contributed by atoms with Gasteiger partial charge in [0.15, 0.2) is 0 Å². The van der Waals surface area contributed by atoms with Crippen LogP contribution in [0.3, 0.4) is 0 Å². The van der Waals surface area contributed by atoms with E-state index in [1.807, 2.05) is 6.92 Å². The van der Waals surface area contributed by atoms with E-state index in [4.69, 9.17) is 9.84 Å². The van der Waals surface area contributed by atoms with Crippen molar-refractivity contribution >= 4 is 5.78 Å². The number of aliphatic hydroxyl groups is 3. The fourth-order valence-electron chi connectivity index (χ4n) is 2.51. The molecule has 1 aliphatic rings. The molecule has 1 rings (SSSR count). The van der Waals surface area contributed by atoms with Crippen molar-refractivity contribution in [3.05, 3.63) is 0 Å². The number of carbonyl (C=O) groups excluding carboxylic acids is 1. The summed E-state index contributed by atoms with van der Waals surface area (Å²) in [7, 11) is 0. The average Bonchev–Trinajstić information content (AvgIpc) is 2.28. The van der Waals surface area contributed by atoms with Crippen molar-refractivity contribution in [1.82, 2.24) is 0 Å². The number of ether oxygens (including phenoxy) is 1. The molecule has 1 heterocycles. The zero-order valence-corrected chi connectivity index (χ0v) is 11.2. The number of hydrogen-bond donors (Lipinski definition) is 3. The van der Waals surface area contributed by atoms with Gasteiger partial charge in [0.25, 0.3) is 0 Å². The van der Waals surface area contributed by atoms with Crippen LogP contribution >= 0.6 is 0 Å². The van der Waals surface area contributed by atoms with Gasteiger partial charge in [-0.2, -0.15) is 0 Å². The number of hydrogen-bond acceptors (Lipinski definition) is 5. The molecule has 0 radical (unpaired) electrons. The van der Waals surface area contributed by atoms with Gasteiger partial charge in [-0.15, -0.1) is 0 Å². The van der Waals surface area contributed by atoms with Crippen molar-refractivity contribution in [1.29, 1.82) is 0 Å². The van der Waals surface area contributed by atoms with Crippen LogP contribution in [0.5, 0.6) is 0 Å². The highest BCUT2D eigenvalue weighted by molar-refractivity contribution is 5.79. The van der Waals surface area contributed by atoms with Gasteiger partial charge in [0.2, 0.25) is 0 Å². The smallest absolute Gasteiger partial charge is 0.135 e. The highest BCUT2D eigenvalue weighted by Crippen LogP contribution is 2.30. The first-order valence-corrected chi connectivity index (χ1v) is 6.58. The van der Waals surface area contributed by atoms with Crippen LogP contribution < -0.4 is 0 Å². The maximum Gasteiger partial charge on any atom is 0.135 e. The third kappa shape index (κ3) is 3.75. The first-order chi connectivity index (χ1) is 8.36. The standard InChI is InChI=1S/C13H24O5/c1-4-11-13(17)12(16)10(8(3)18-11)6-9(15)5-7(2)14/h7-8,10-14,16-17H,4-6H2,1-3H3/t7-,8?,10?,11?,12?,13?/m1/s1. The lowest BCUT2D eigenvalue weighted by Gasteiger charge is -2.41. The minimum atomic E-state index is -0.949. The summed E-state index contributed by atoms with van der Waals surface area (Å²) in [6.07, 6.45) is -2.40. The zero-order valence-electron chi connectivity index (χ0n) is 11.2. The quantitative estimate of drug-likeness (QED) is 0.659. The Kier molecular flexibility index (Phi) is 5.72. The second-order valence-electron chi connectivity index (χ2n) is 5.23. The Balaban J connectivity index is 2.62. The second kappa shape index (κ2) is 6.61. The van der Waals surface area contributed by atoms with E-state index >= 15 is 0 Å². The van der Waals surface area contributed by atoms with E-state index in [1.165, 1.54) is 0 Å². The Morgan fingerprint density at radius 2 is 1.94 bits per heavy atom. The van der Waals surface area contributed by atoms with Gasteiger partial charge in [-0.1, -0.05) is 6.92 Å². The molecule has 106 valence electrons. The van der Waals surface area contributed by atoms with E-state index in [-0.39, 0.29) is 30.8 Å². The number of aliphatic hydroxyl groups excluding tert-OH is 3. The molecule has 0 aromatic carbocycles. The molecule has 0 spiro atoms. The lowest BCUT2D eigenvalue weighted by molar-refractivity contribution is -0.197. The molecule has 0 aliphatic carbocycles. The summed E-state index contributed by atoms with van der Waals surface area (Å²) in [4.78, 5) is 11.7. The summed E-state index contributed by atoms with van der Waals surface area (Å²) in [5.74, 6) is -0.527. The monoisotopic (exact) mass is 260 g/mol. The Labute approximate surface area is 108 Å². The molecule has 18 heavy (non-hydrogen) atoms. The second-order valence-corrected chi connectivity index (χ2v) is 5.23. The highest BCUT2D eigenvalue weighted by atomic mass is 16.5. The lowest BCUT2D eigenvalue weighted by Crippen LogP contribution is -2.53. The van der Waals surface area contributed by atoms with Crippen LogP contribution in [-0.2, 0) is 9.53 Å². The summed E-state index contributed by atoms with van der Waals surface area (Å²) in [5.41, 5.74) is 0. The third-order valence-corrected chi connectivity index (χ3v) is 3.55. The van der Waals surface area contributed by atoms with Gasteiger partial charge >= 0.3 is 0 Å². The summed E-state index contributed by atoms with van der Waals surface area (Å²) in [5, 5.41) is 29.1. The van der Waals surface area contributed by atoms with E-state index < -0.39 is 24.2 Å². The molecule has 0 amide bonds. The van der Waals surface area contributed by atoms with Gasteiger partial charge in [-0.05, 0) is 20.3 Å². The molecule has 5 heteroatoms. The maximum absolute atomic E-state index is 11.7. The Bertz CT molecular complexity index is 279. The minimum Gasteiger partial charge on any atom is -0.393 e. The average molecular weight is 260 g/mol. The van der Waals surface area contributed by atoms with Gasteiger partial charge in [0.05, 0.1) is 24.4 Å². The first-order valence-electron chi connectivity index (χ1n) is 6.58. The summed E-state index contributed by atoms with van der Waals surface area (Å²) in [6, 6.07) is 0. The fraction of sp³-hybridized carbons (Fsp3) is 0.923. The summed E-state index contributed by atoms with van der Waals surface area (Å²) >= 11 is 0. The molecule has 5 unspecified atom stereocenters. The van der Waals surface area contributed by atoms with Crippen molar-refractivity contribution in [3.8, 4) is 0 Å².